The van der Waals surface area contributed by atoms with Gasteiger partial charge in [-0.3, -0.25) is 11.3 Å². The van der Waals surface area contributed by atoms with E-state index in [9.17, 15) is 0 Å². The molecule has 1 aliphatic carbocycles. The molecule has 0 aliphatic heterocycles. The van der Waals surface area contributed by atoms with Crippen LogP contribution >= 0.6 is 0 Å². The monoisotopic (exact) mass is 274 g/mol. The lowest BCUT2D eigenvalue weighted by molar-refractivity contribution is 0.219. The second-order valence-electron chi connectivity index (χ2n) is 6.63. The highest BCUT2D eigenvalue weighted by Crippen LogP contribution is 2.38. The molecular formula is C18H30N2. The molecular weight excluding hydrogens is 244 g/mol. The van der Waals surface area contributed by atoms with E-state index in [1.54, 1.807) is 0 Å². The van der Waals surface area contributed by atoms with E-state index in [4.69, 9.17) is 5.84 Å². The zero-order valence-electron chi connectivity index (χ0n) is 13.5. The van der Waals surface area contributed by atoms with Crippen molar-refractivity contribution in [2.45, 2.75) is 65.8 Å². The van der Waals surface area contributed by atoms with Gasteiger partial charge in [0.05, 0.1) is 0 Å². The second-order valence-corrected chi connectivity index (χ2v) is 6.63. The van der Waals surface area contributed by atoms with Crippen LogP contribution in [-0.2, 0) is 0 Å². The molecule has 3 N–H and O–H groups in total. The molecule has 0 spiro atoms. The van der Waals surface area contributed by atoms with Gasteiger partial charge in [0, 0.05) is 6.04 Å². The van der Waals surface area contributed by atoms with Gasteiger partial charge in [0.25, 0.3) is 0 Å². The predicted octanol–water partition coefficient (Wildman–Crippen LogP) is 4.33. The van der Waals surface area contributed by atoms with Crippen molar-refractivity contribution >= 4 is 0 Å². The summed E-state index contributed by atoms with van der Waals surface area (Å²) in [5, 5.41) is 0. The number of nitrogens with one attached hydrogen (secondary N) is 1. The number of hydrogen-bond donors (Lipinski definition) is 2. The first kappa shape index (κ1) is 15.5. The van der Waals surface area contributed by atoms with Crippen LogP contribution < -0.4 is 11.3 Å². The maximum absolute atomic E-state index is 5.91. The van der Waals surface area contributed by atoms with Gasteiger partial charge in [-0.1, -0.05) is 38.3 Å². The van der Waals surface area contributed by atoms with Crippen molar-refractivity contribution < 1.29 is 0 Å². The van der Waals surface area contributed by atoms with Crippen molar-refractivity contribution in [3.63, 3.8) is 0 Å². The Kier molecular flexibility index (Phi) is 5.22. The second kappa shape index (κ2) is 6.73. The Morgan fingerprint density at radius 3 is 2.20 bits per heavy atom. The summed E-state index contributed by atoms with van der Waals surface area (Å²) in [5.74, 6) is 7.53. The molecule has 1 aromatic rings. The summed E-state index contributed by atoms with van der Waals surface area (Å²) >= 11 is 0. The predicted molar refractivity (Wildman–Crippen MR) is 86.5 cm³/mol. The van der Waals surface area contributed by atoms with Crippen molar-refractivity contribution in [2.24, 2.45) is 17.7 Å². The average molecular weight is 274 g/mol. The minimum Gasteiger partial charge on any atom is -0.271 e. The number of rotatable bonds is 4. The van der Waals surface area contributed by atoms with Crippen LogP contribution in [0.3, 0.4) is 0 Å². The van der Waals surface area contributed by atoms with Gasteiger partial charge in [-0.05, 0) is 67.7 Å². The maximum Gasteiger partial charge on any atom is 0.0490 e. The number of benzene rings is 1. The molecule has 20 heavy (non-hydrogen) atoms. The van der Waals surface area contributed by atoms with E-state index in [1.807, 2.05) is 0 Å². The van der Waals surface area contributed by atoms with Crippen LogP contribution in [0.1, 0.15) is 67.3 Å². The van der Waals surface area contributed by atoms with E-state index in [1.165, 1.54) is 54.4 Å². The molecule has 1 unspecified atom stereocenters. The maximum atomic E-state index is 5.91. The number of aryl methyl sites for hydroxylation is 3. The minimum atomic E-state index is 0.312. The molecule has 2 rings (SSSR count). The fraction of sp³-hybridized carbons (Fsp3) is 0.667. The van der Waals surface area contributed by atoms with Gasteiger partial charge in [0.15, 0.2) is 0 Å². The SMILES string of the molecule is CCC1CCC(C(NN)c2cc(C)c(C)cc2C)CC1. The van der Waals surface area contributed by atoms with Crippen molar-refractivity contribution in [3.05, 3.63) is 34.4 Å². The van der Waals surface area contributed by atoms with Crippen LogP contribution in [-0.4, -0.2) is 0 Å². The quantitative estimate of drug-likeness (QED) is 0.633. The van der Waals surface area contributed by atoms with Gasteiger partial charge in [-0.15, -0.1) is 0 Å². The van der Waals surface area contributed by atoms with Crippen LogP contribution in [0.5, 0.6) is 0 Å². The Bertz CT molecular complexity index is 445. The molecule has 0 radical (unpaired) electrons. The molecule has 0 heterocycles. The van der Waals surface area contributed by atoms with E-state index in [-0.39, 0.29) is 0 Å². The molecule has 2 nitrogen and oxygen atoms in total. The summed E-state index contributed by atoms with van der Waals surface area (Å²) in [6, 6.07) is 4.94. The van der Waals surface area contributed by atoms with Crippen LogP contribution in [0.4, 0.5) is 0 Å². The molecule has 0 aromatic heterocycles. The van der Waals surface area contributed by atoms with Crippen molar-refractivity contribution in [3.8, 4) is 0 Å². The molecule has 112 valence electrons. The Hall–Kier alpha value is -0.860. The molecule has 0 saturated heterocycles. The topological polar surface area (TPSA) is 38.0 Å². The van der Waals surface area contributed by atoms with Crippen LogP contribution in [0, 0.1) is 32.6 Å². The molecule has 0 bridgehead atoms. The van der Waals surface area contributed by atoms with Gasteiger partial charge in [-0.25, -0.2) is 0 Å². The third kappa shape index (κ3) is 3.24. The van der Waals surface area contributed by atoms with E-state index in [0.29, 0.717) is 12.0 Å². The van der Waals surface area contributed by atoms with E-state index in [2.05, 4.69) is 45.3 Å². The molecule has 1 atom stereocenters. The van der Waals surface area contributed by atoms with Gasteiger partial charge in [0.1, 0.15) is 0 Å². The summed E-state index contributed by atoms with van der Waals surface area (Å²) in [7, 11) is 0. The third-order valence-electron chi connectivity index (χ3n) is 5.34. The summed E-state index contributed by atoms with van der Waals surface area (Å²) < 4.78 is 0. The fourth-order valence-corrected chi connectivity index (χ4v) is 3.73. The zero-order valence-corrected chi connectivity index (χ0v) is 13.5. The Balaban J connectivity index is 2.18. The number of hydrazine groups is 1. The molecule has 0 amide bonds. The minimum absolute atomic E-state index is 0.312. The average Bonchev–Trinajstić information content (AvgIpc) is 2.46. The molecule has 1 aliphatic rings. The van der Waals surface area contributed by atoms with E-state index >= 15 is 0 Å². The van der Waals surface area contributed by atoms with Gasteiger partial charge in [-0.2, -0.15) is 0 Å². The lowest BCUT2D eigenvalue weighted by Gasteiger charge is -2.34. The molecule has 1 saturated carbocycles. The first-order valence-corrected chi connectivity index (χ1v) is 8.10. The van der Waals surface area contributed by atoms with Crippen molar-refractivity contribution in [1.29, 1.82) is 0 Å². The highest BCUT2D eigenvalue weighted by atomic mass is 15.2. The van der Waals surface area contributed by atoms with Crippen LogP contribution in [0.2, 0.25) is 0 Å². The lowest BCUT2D eigenvalue weighted by Crippen LogP contribution is -2.36. The standard InChI is InChI=1S/C18H30N2/c1-5-15-6-8-16(9-7-15)18(20-19)17-11-13(3)12(2)10-14(17)4/h10-11,15-16,18,20H,5-9,19H2,1-4H3. The third-order valence-corrected chi connectivity index (χ3v) is 5.34. The summed E-state index contributed by atoms with van der Waals surface area (Å²) in [6.45, 7) is 8.91. The van der Waals surface area contributed by atoms with Crippen LogP contribution in [0.25, 0.3) is 0 Å². The Morgan fingerprint density at radius 1 is 1.05 bits per heavy atom. The van der Waals surface area contributed by atoms with Crippen molar-refractivity contribution in [1.82, 2.24) is 5.43 Å². The summed E-state index contributed by atoms with van der Waals surface area (Å²) in [4.78, 5) is 0. The Morgan fingerprint density at radius 2 is 1.65 bits per heavy atom. The van der Waals surface area contributed by atoms with E-state index in [0.717, 1.165) is 5.92 Å². The molecule has 1 aromatic carbocycles. The summed E-state index contributed by atoms with van der Waals surface area (Å²) in [5.41, 5.74) is 8.62. The van der Waals surface area contributed by atoms with Gasteiger partial charge < -0.3 is 0 Å². The summed E-state index contributed by atoms with van der Waals surface area (Å²) in [6.07, 6.45) is 6.67. The largest absolute Gasteiger partial charge is 0.271 e. The lowest BCUT2D eigenvalue weighted by atomic mass is 9.75. The normalized spacial score (nSPS) is 24.6. The first-order valence-electron chi connectivity index (χ1n) is 8.10. The molecule has 1 fully saturated rings. The van der Waals surface area contributed by atoms with Crippen LogP contribution in [0.15, 0.2) is 12.1 Å². The van der Waals surface area contributed by atoms with Gasteiger partial charge in [0.2, 0.25) is 0 Å². The number of hydrogen-bond acceptors (Lipinski definition) is 2. The van der Waals surface area contributed by atoms with Gasteiger partial charge >= 0.3 is 0 Å². The molecule has 2 heteroatoms. The van der Waals surface area contributed by atoms with Crippen molar-refractivity contribution in [2.75, 3.05) is 0 Å². The first-order chi connectivity index (χ1) is 9.56. The Labute approximate surface area is 124 Å². The zero-order chi connectivity index (χ0) is 14.7. The highest BCUT2D eigenvalue weighted by molar-refractivity contribution is 5.38. The number of nitrogens with two attached hydrogens (primary N) is 1. The van der Waals surface area contributed by atoms with E-state index < -0.39 is 0 Å². The fourth-order valence-electron chi connectivity index (χ4n) is 3.73. The highest BCUT2D eigenvalue weighted by Gasteiger charge is 2.28. The smallest absolute Gasteiger partial charge is 0.0490 e.